The average molecular weight is 798 g/mol. The number of piperazine rings is 1. The predicted octanol–water partition coefficient (Wildman–Crippen LogP) is 2.86. The second-order valence-electron chi connectivity index (χ2n) is 14.7. The van der Waals surface area contributed by atoms with Crippen LogP contribution in [0.1, 0.15) is 63.5 Å². The highest BCUT2D eigenvalue weighted by Gasteiger charge is 2.39. The van der Waals surface area contributed by atoms with Crippen LogP contribution in [0, 0.1) is 0 Å². The van der Waals surface area contributed by atoms with Crippen LogP contribution in [0.4, 0.5) is 11.4 Å². The van der Waals surface area contributed by atoms with Crippen LogP contribution in [0.15, 0.2) is 85.3 Å². The molecule has 3 aliphatic heterocycles. The summed E-state index contributed by atoms with van der Waals surface area (Å²) >= 11 is 0. The van der Waals surface area contributed by atoms with Crippen LogP contribution in [-0.4, -0.2) is 103 Å². The number of anilines is 2. The fraction of sp³-hybridized carbons (Fsp3) is 0.310. The van der Waals surface area contributed by atoms with Crippen LogP contribution in [0.25, 0.3) is 11.5 Å². The number of hydrogen-bond donors (Lipinski definition) is 3. The SMILES string of the molecule is C[C@@H](NC(=O)c1cccc(NCc2nnc(-c3ccncn3)n2C)c1)c1ccc(OCC(=O)N2CCN(c3ccc4c(c3)CN(C3CCC(=O)NC3=O)C4=O)CC2)cc1. The van der Waals surface area contributed by atoms with E-state index in [2.05, 4.69) is 41.0 Å². The lowest BCUT2D eigenvalue weighted by atomic mass is 10.0. The molecule has 0 aliphatic carbocycles. The molecule has 17 nitrogen and oxygen atoms in total. The van der Waals surface area contributed by atoms with Gasteiger partial charge in [-0.3, -0.25) is 29.3 Å². The van der Waals surface area contributed by atoms with Gasteiger partial charge in [-0.15, -0.1) is 10.2 Å². The van der Waals surface area contributed by atoms with Crippen LogP contribution < -0.4 is 25.6 Å². The van der Waals surface area contributed by atoms with Crippen molar-refractivity contribution >= 4 is 40.9 Å². The summed E-state index contributed by atoms with van der Waals surface area (Å²) in [7, 11) is 1.87. The van der Waals surface area contributed by atoms with Crippen molar-refractivity contribution in [3.05, 3.63) is 113 Å². The molecule has 17 heteroatoms. The van der Waals surface area contributed by atoms with Crippen molar-refractivity contribution in [1.29, 1.82) is 0 Å². The topological polar surface area (TPSA) is 197 Å². The van der Waals surface area contributed by atoms with Crippen molar-refractivity contribution in [2.45, 2.75) is 44.9 Å². The molecule has 0 saturated carbocycles. The van der Waals surface area contributed by atoms with Gasteiger partial charge in [0.25, 0.3) is 17.7 Å². The Labute approximate surface area is 339 Å². The highest BCUT2D eigenvalue weighted by molar-refractivity contribution is 6.05. The highest BCUT2D eigenvalue weighted by atomic mass is 16.5. The molecule has 0 bridgehead atoms. The Morgan fingerprint density at radius 3 is 2.54 bits per heavy atom. The summed E-state index contributed by atoms with van der Waals surface area (Å²) in [5, 5.41) is 17.2. The molecule has 0 spiro atoms. The van der Waals surface area contributed by atoms with Gasteiger partial charge in [-0.2, -0.15) is 0 Å². The molecule has 5 amide bonds. The highest BCUT2D eigenvalue weighted by Crippen LogP contribution is 2.31. The van der Waals surface area contributed by atoms with Crippen LogP contribution in [0.2, 0.25) is 0 Å². The van der Waals surface area contributed by atoms with Crippen LogP contribution in [0.3, 0.4) is 0 Å². The lowest BCUT2D eigenvalue weighted by Crippen LogP contribution is -2.52. The first-order valence-electron chi connectivity index (χ1n) is 19.4. The molecule has 5 aromatic rings. The summed E-state index contributed by atoms with van der Waals surface area (Å²) in [6, 6.07) is 21.1. The Balaban J connectivity index is 0.778. The molecule has 3 N–H and O–H groups in total. The van der Waals surface area contributed by atoms with Gasteiger partial charge in [0.2, 0.25) is 11.8 Å². The molecule has 302 valence electrons. The predicted molar refractivity (Wildman–Crippen MR) is 215 cm³/mol. The molecular weight excluding hydrogens is 755 g/mol. The fourth-order valence-electron chi connectivity index (χ4n) is 7.54. The number of ether oxygens (including phenoxy) is 1. The van der Waals surface area contributed by atoms with E-state index in [1.165, 1.54) is 6.33 Å². The lowest BCUT2D eigenvalue weighted by molar-refractivity contribution is -0.137. The lowest BCUT2D eigenvalue weighted by Gasteiger charge is -2.36. The Hall–Kier alpha value is -7.17. The number of rotatable bonds is 12. The number of nitrogens with one attached hydrogen (secondary N) is 3. The maximum Gasteiger partial charge on any atom is 0.260 e. The minimum atomic E-state index is -0.656. The fourth-order valence-corrected chi connectivity index (χ4v) is 7.54. The number of imide groups is 1. The van der Waals surface area contributed by atoms with E-state index in [1.807, 2.05) is 54.9 Å². The van der Waals surface area contributed by atoms with Gasteiger partial charge in [-0.05, 0) is 79.1 Å². The maximum absolute atomic E-state index is 13.2. The van der Waals surface area contributed by atoms with Crippen LogP contribution >= 0.6 is 0 Å². The van der Waals surface area contributed by atoms with Gasteiger partial charge >= 0.3 is 0 Å². The van der Waals surface area contributed by atoms with E-state index in [1.54, 1.807) is 52.4 Å². The molecule has 3 aliphatic rings. The number of carbonyl (C=O) groups is 5. The molecule has 3 aromatic carbocycles. The quantitative estimate of drug-likeness (QED) is 0.157. The summed E-state index contributed by atoms with van der Waals surface area (Å²) in [5.41, 5.74) is 5.17. The number of carbonyl (C=O) groups excluding carboxylic acids is 5. The van der Waals surface area contributed by atoms with Crippen LogP contribution in [-0.2, 0) is 34.5 Å². The monoisotopic (exact) mass is 797 g/mol. The number of aromatic nitrogens is 5. The average Bonchev–Trinajstić information content (AvgIpc) is 3.80. The Kier molecular flexibility index (Phi) is 11.0. The molecule has 5 heterocycles. The molecule has 2 aromatic heterocycles. The van der Waals surface area contributed by atoms with Crippen molar-refractivity contribution in [2.24, 2.45) is 7.05 Å². The number of nitrogens with zero attached hydrogens (tertiary/aromatic N) is 8. The molecule has 8 rings (SSSR count). The first-order valence-corrected chi connectivity index (χ1v) is 19.4. The van der Waals surface area contributed by atoms with Crippen molar-refractivity contribution in [3.63, 3.8) is 0 Å². The molecular formula is C42H43N11O6. The molecule has 0 radical (unpaired) electrons. The van der Waals surface area contributed by atoms with Gasteiger partial charge in [0, 0.05) is 74.9 Å². The number of benzene rings is 3. The molecule has 1 unspecified atom stereocenters. The third kappa shape index (κ3) is 8.44. The summed E-state index contributed by atoms with van der Waals surface area (Å²) in [6.07, 6.45) is 3.65. The van der Waals surface area contributed by atoms with Crippen molar-refractivity contribution in [1.82, 2.24) is 45.2 Å². The smallest absolute Gasteiger partial charge is 0.260 e. The second kappa shape index (κ2) is 16.7. The van der Waals surface area contributed by atoms with E-state index >= 15 is 0 Å². The van der Waals surface area contributed by atoms with Gasteiger partial charge in [0.05, 0.1) is 12.6 Å². The van der Waals surface area contributed by atoms with E-state index in [0.717, 1.165) is 22.5 Å². The van der Waals surface area contributed by atoms with Crippen molar-refractivity contribution < 1.29 is 28.7 Å². The van der Waals surface area contributed by atoms with E-state index < -0.39 is 11.9 Å². The van der Waals surface area contributed by atoms with Gasteiger partial charge in [-0.1, -0.05) is 18.2 Å². The summed E-state index contributed by atoms with van der Waals surface area (Å²) < 4.78 is 7.71. The first kappa shape index (κ1) is 38.7. The van der Waals surface area contributed by atoms with E-state index in [-0.39, 0.29) is 42.7 Å². The minimum Gasteiger partial charge on any atom is -0.484 e. The summed E-state index contributed by atoms with van der Waals surface area (Å²) in [5.74, 6) is 0.589. The standard InChI is InChI=1S/C42H43N11O6/c1-26(46-40(56)28-4-3-5-30(20-28)44-22-36-48-49-39(50(36)2)34-14-15-43-25-45-34)27-6-9-32(10-7-27)59-24-38(55)52-18-16-51(17-19-52)31-8-11-33-29(21-31)23-53(42(33)58)35-12-13-37(54)47-41(35)57/h3-11,14-15,20-21,25-26,35,44H,12-13,16-19,22-24H2,1-2H3,(H,46,56)(H,47,54,57)/t26-,35?/m1/s1. The zero-order valence-corrected chi connectivity index (χ0v) is 32.6. The molecule has 59 heavy (non-hydrogen) atoms. The van der Waals surface area contributed by atoms with Gasteiger partial charge in [0.1, 0.15) is 23.8 Å². The normalized spacial score (nSPS) is 17.0. The molecule has 2 fully saturated rings. The molecule has 2 saturated heterocycles. The van der Waals surface area contributed by atoms with Crippen molar-refractivity contribution in [3.8, 4) is 17.3 Å². The Morgan fingerprint density at radius 1 is 0.966 bits per heavy atom. The number of amides is 5. The number of piperidine rings is 1. The van der Waals surface area contributed by atoms with Crippen molar-refractivity contribution in [2.75, 3.05) is 43.0 Å². The largest absolute Gasteiger partial charge is 0.484 e. The zero-order valence-electron chi connectivity index (χ0n) is 32.6. The molecule has 2 atom stereocenters. The third-order valence-electron chi connectivity index (χ3n) is 10.9. The number of hydrogen-bond acceptors (Lipinski definition) is 12. The summed E-state index contributed by atoms with van der Waals surface area (Å²) in [6.45, 7) is 4.77. The number of fused-ring (bicyclic) bond motifs is 1. The van der Waals surface area contributed by atoms with E-state index in [0.29, 0.717) is 79.9 Å². The van der Waals surface area contributed by atoms with Gasteiger partial charge in [-0.25, -0.2) is 9.97 Å². The summed E-state index contributed by atoms with van der Waals surface area (Å²) in [4.78, 5) is 77.1. The Morgan fingerprint density at radius 2 is 1.78 bits per heavy atom. The van der Waals surface area contributed by atoms with Crippen LogP contribution in [0.5, 0.6) is 5.75 Å². The minimum absolute atomic E-state index is 0.104. The first-order chi connectivity index (χ1) is 28.6. The Bertz CT molecular complexity index is 2400. The maximum atomic E-state index is 13.2. The third-order valence-corrected chi connectivity index (χ3v) is 10.9. The second-order valence-corrected chi connectivity index (χ2v) is 14.7. The zero-order chi connectivity index (χ0) is 41.0. The van der Waals surface area contributed by atoms with E-state index in [9.17, 15) is 24.0 Å². The van der Waals surface area contributed by atoms with Gasteiger partial charge < -0.3 is 34.6 Å². The van der Waals surface area contributed by atoms with E-state index in [4.69, 9.17) is 4.74 Å². The van der Waals surface area contributed by atoms with Gasteiger partial charge in [0.15, 0.2) is 18.3 Å².